The lowest BCUT2D eigenvalue weighted by molar-refractivity contribution is -0.143. The van der Waals surface area contributed by atoms with Gasteiger partial charge in [0.1, 0.15) is 5.60 Å². The summed E-state index contributed by atoms with van der Waals surface area (Å²) < 4.78 is 5.11. The monoisotopic (exact) mass is 313 g/mol. The summed E-state index contributed by atoms with van der Waals surface area (Å²) in [6.07, 6.45) is -0.729. The van der Waals surface area contributed by atoms with E-state index in [0.717, 1.165) is 5.56 Å². The van der Waals surface area contributed by atoms with Gasteiger partial charge in [0.05, 0.1) is 5.88 Å². The van der Waals surface area contributed by atoms with Crippen molar-refractivity contribution >= 4 is 23.7 Å². The Kier molecular flexibility index (Phi) is 5.61. The van der Waals surface area contributed by atoms with Crippen molar-refractivity contribution in [3.63, 3.8) is 0 Å². The summed E-state index contributed by atoms with van der Waals surface area (Å²) in [7, 11) is 0. The summed E-state index contributed by atoms with van der Waals surface area (Å²) in [5.74, 6) is -1.47. The highest BCUT2D eigenvalue weighted by Gasteiger charge is 2.40. The molecule has 0 unspecified atom stereocenters. The van der Waals surface area contributed by atoms with Crippen molar-refractivity contribution in [2.24, 2.45) is 0 Å². The number of amides is 1. The highest BCUT2D eigenvalue weighted by molar-refractivity contribution is 6.20. The first-order valence-corrected chi connectivity index (χ1v) is 7.06. The predicted octanol–water partition coefficient (Wildman–Crippen LogP) is 2.82. The van der Waals surface area contributed by atoms with Crippen LogP contribution in [0.15, 0.2) is 30.3 Å². The minimum absolute atomic E-state index is 0.0753. The maximum atomic E-state index is 11.9. The van der Waals surface area contributed by atoms with Gasteiger partial charge in [-0.15, -0.1) is 11.6 Å². The van der Waals surface area contributed by atoms with E-state index in [4.69, 9.17) is 16.3 Å². The number of hydrogen-bond acceptors (Lipinski definition) is 3. The Morgan fingerprint density at radius 2 is 1.81 bits per heavy atom. The zero-order valence-electron chi connectivity index (χ0n) is 12.4. The van der Waals surface area contributed by atoms with E-state index in [0.29, 0.717) is 0 Å². The third kappa shape index (κ3) is 5.27. The van der Waals surface area contributed by atoms with Crippen molar-refractivity contribution in [3.05, 3.63) is 35.9 Å². The van der Waals surface area contributed by atoms with Crippen LogP contribution in [0.4, 0.5) is 4.79 Å². The molecule has 1 aromatic carbocycles. The molecule has 0 heterocycles. The normalized spacial score (nSPS) is 14.1. The number of rotatable bonds is 5. The van der Waals surface area contributed by atoms with Gasteiger partial charge in [0.25, 0.3) is 0 Å². The van der Waals surface area contributed by atoms with E-state index in [1.807, 2.05) is 6.07 Å². The van der Waals surface area contributed by atoms with Crippen molar-refractivity contribution in [2.75, 3.05) is 5.88 Å². The maximum Gasteiger partial charge on any atom is 0.408 e. The molecule has 6 heteroatoms. The molecule has 1 aromatic rings. The van der Waals surface area contributed by atoms with Crippen LogP contribution >= 0.6 is 11.6 Å². The Morgan fingerprint density at radius 1 is 1.24 bits per heavy atom. The summed E-state index contributed by atoms with van der Waals surface area (Å²) in [5, 5.41) is 11.9. The van der Waals surface area contributed by atoms with Gasteiger partial charge in [-0.1, -0.05) is 30.3 Å². The standard InChI is InChI=1S/C15H20ClNO4/c1-14(2,3)21-13(20)17-15(10-16,12(18)19)9-11-7-5-4-6-8-11/h4-8H,9-10H2,1-3H3,(H,17,20)(H,18,19)/t15-/m0/s1. The number of benzene rings is 1. The van der Waals surface area contributed by atoms with Crippen LogP contribution in [0.2, 0.25) is 0 Å². The second-order valence-electron chi connectivity index (χ2n) is 5.81. The molecule has 0 fully saturated rings. The molecular weight excluding hydrogens is 294 g/mol. The van der Waals surface area contributed by atoms with E-state index in [1.165, 1.54) is 0 Å². The second-order valence-corrected chi connectivity index (χ2v) is 6.08. The van der Waals surface area contributed by atoms with Gasteiger partial charge in [-0.25, -0.2) is 9.59 Å². The third-order valence-corrected chi connectivity index (χ3v) is 3.18. The molecule has 2 N–H and O–H groups in total. The number of alkyl carbamates (subject to hydrolysis) is 1. The predicted molar refractivity (Wildman–Crippen MR) is 80.6 cm³/mol. The molecule has 116 valence electrons. The van der Waals surface area contributed by atoms with Gasteiger partial charge in [0, 0.05) is 6.42 Å². The van der Waals surface area contributed by atoms with E-state index in [2.05, 4.69) is 5.32 Å². The fraction of sp³-hybridized carbons (Fsp3) is 0.467. The number of alkyl halides is 1. The summed E-state index contributed by atoms with van der Waals surface area (Å²) in [6, 6.07) is 8.98. The molecule has 1 rings (SSSR count). The second kappa shape index (κ2) is 6.80. The van der Waals surface area contributed by atoms with Gasteiger partial charge in [-0.3, -0.25) is 0 Å². The van der Waals surface area contributed by atoms with Crippen LogP contribution in [0.1, 0.15) is 26.3 Å². The average Bonchev–Trinajstić information content (AvgIpc) is 2.36. The molecule has 0 aliphatic rings. The minimum Gasteiger partial charge on any atom is -0.479 e. The molecule has 0 radical (unpaired) electrons. The topological polar surface area (TPSA) is 75.6 Å². The lowest BCUT2D eigenvalue weighted by atomic mass is 9.93. The number of carboxylic acids is 1. The molecule has 1 amide bonds. The summed E-state index contributed by atoms with van der Waals surface area (Å²) in [6.45, 7) is 5.10. The molecule has 0 saturated carbocycles. The molecule has 0 spiro atoms. The molecule has 0 aliphatic carbocycles. The van der Waals surface area contributed by atoms with Gasteiger partial charge < -0.3 is 15.2 Å². The van der Waals surface area contributed by atoms with Crippen LogP contribution in [-0.4, -0.2) is 34.2 Å². The maximum absolute atomic E-state index is 11.9. The van der Waals surface area contributed by atoms with Crippen molar-refractivity contribution in [2.45, 2.75) is 38.3 Å². The molecule has 1 atom stereocenters. The fourth-order valence-corrected chi connectivity index (χ4v) is 2.03. The van der Waals surface area contributed by atoms with E-state index >= 15 is 0 Å². The summed E-state index contributed by atoms with van der Waals surface area (Å²) in [5.41, 5.74) is -1.56. The van der Waals surface area contributed by atoms with Crippen molar-refractivity contribution in [1.82, 2.24) is 5.32 Å². The number of nitrogens with one attached hydrogen (secondary N) is 1. The van der Waals surface area contributed by atoms with Crippen molar-refractivity contribution in [3.8, 4) is 0 Å². The fourth-order valence-electron chi connectivity index (χ4n) is 1.75. The quantitative estimate of drug-likeness (QED) is 0.820. The first kappa shape index (κ1) is 17.3. The molecule has 0 aliphatic heterocycles. The zero-order chi connectivity index (χ0) is 16.1. The number of halogens is 1. The minimum atomic E-state index is -1.61. The van der Waals surface area contributed by atoms with Crippen LogP contribution in [0, 0.1) is 0 Å². The van der Waals surface area contributed by atoms with Crippen LogP contribution in [0.25, 0.3) is 0 Å². The Labute approximate surface area is 129 Å². The van der Waals surface area contributed by atoms with Crippen molar-refractivity contribution < 1.29 is 19.4 Å². The van der Waals surface area contributed by atoms with E-state index in [9.17, 15) is 14.7 Å². The average molecular weight is 314 g/mol. The molecular formula is C15H20ClNO4. The molecule has 0 aromatic heterocycles. The molecule has 21 heavy (non-hydrogen) atoms. The van der Waals surface area contributed by atoms with Gasteiger partial charge in [0.15, 0.2) is 5.54 Å². The third-order valence-electron chi connectivity index (χ3n) is 2.73. The van der Waals surface area contributed by atoms with Gasteiger partial charge in [-0.2, -0.15) is 0 Å². The van der Waals surface area contributed by atoms with Gasteiger partial charge in [-0.05, 0) is 26.3 Å². The molecule has 0 bridgehead atoms. The number of hydrogen-bond donors (Lipinski definition) is 2. The van der Waals surface area contributed by atoms with E-state index in [1.54, 1.807) is 45.0 Å². The highest BCUT2D eigenvalue weighted by Crippen LogP contribution is 2.18. The number of carbonyl (C=O) groups is 2. The van der Waals surface area contributed by atoms with Crippen molar-refractivity contribution in [1.29, 1.82) is 0 Å². The Morgan fingerprint density at radius 3 is 2.24 bits per heavy atom. The van der Waals surface area contributed by atoms with Crippen LogP contribution in [0.5, 0.6) is 0 Å². The lowest BCUT2D eigenvalue weighted by Gasteiger charge is -2.30. The number of ether oxygens (including phenoxy) is 1. The van der Waals surface area contributed by atoms with Crippen LogP contribution < -0.4 is 5.32 Å². The molecule has 5 nitrogen and oxygen atoms in total. The Hall–Kier alpha value is -1.75. The van der Waals surface area contributed by atoms with Crippen LogP contribution in [0.3, 0.4) is 0 Å². The largest absolute Gasteiger partial charge is 0.479 e. The number of carboxylic acid groups (broad SMARTS) is 1. The Bertz CT molecular complexity index is 498. The van der Waals surface area contributed by atoms with Crippen LogP contribution in [-0.2, 0) is 16.0 Å². The first-order valence-electron chi connectivity index (χ1n) is 6.53. The Balaban J connectivity index is 2.94. The lowest BCUT2D eigenvalue weighted by Crippen LogP contribution is -2.58. The summed E-state index contributed by atoms with van der Waals surface area (Å²) in [4.78, 5) is 23.5. The summed E-state index contributed by atoms with van der Waals surface area (Å²) >= 11 is 5.83. The zero-order valence-corrected chi connectivity index (χ0v) is 13.1. The smallest absolute Gasteiger partial charge is 0.408 e. The van der Waals surface area contributed by atoms with Gasteiger partial charge >= 0.3 is 12.1 Å². The first-order chi connectivity index (χ1) is 9.68. The number of aliphatic carboxylic acids is 1. The van der Waals surface area contributed by atoms with E-state index in [-0.39, 0.29) is 12.3 Å². The highest BCUT2D eigenvalue weighted by atomic mass is 35.5. The number of carbonyl (C=O) groups excluding carboxylic acids is 1. The SMILES string of the molecule is CC(C)(C)OC(=O)N[C@](CCl)(Cc1ccccc1)C(=O)O. The van der Waals surface area contributed by atoms with E-state index < -0.39 is 23.2 Å². The molecule has 0 saturated heterocycles. The van der Waals surface area contributed by atoms with Gasteiger partial charge in [0.2, 0.25) is 0 Å².